The number of nitro benzene ring substituents is 1. The summed E-state index contributed by atoms with van der Waals surface area (Å²) in [4.78, 5) is 9.83. The predicted molar refractivity (Wildman–Crippen MR) is 58.6 cm³/mol. The number of non-ortho nitro benzene ring substituents is 1. The van der Waals surface area contributed by atoms with Crippen LogP contribution in [-0.2, 0) is 10.0 Å². The molecule has 0 N–H and O–H groups in total. The van der Waals surface area contributed by atoms with Gasteiger partial charge in [-0.05, 0) is 6.07 Å². The largest absolute Gasteiger partial charge is 0.270 e. The molecule has 7 heteroatoms. The normalized spacial score (nSPS) is 11.7. The Bertz CT molecular complexity index is 498. The van der Waals surface area contributed by atoms with Crippen molar-refractivity contribution in [2.75, 3.05) is 13.6 Å². The number of benzene rings is 1. The van der Waals surface area contributed by atoms with Gasteiger partial charge in [-0.1, -0.05) is 13.0 Å². The minimum Gasteiger partial charge on any atom is -0.258 e. The maximum Gasteiger partial charge on any atom is 0.270 e. The lowest BCUT2D eigenvalue weighted by molar-refractivity contribution is -0.385. The third-order valence-electron chi connectivity index (χ3n) is 2.18. The molecule has 0 atom stereocenters. The van der Waals surface area contributed by atoms with Gasteiger partial charge in [-0.2, -0.15) is 0 Å². The van der Waals surface area contributed by atoms with E-state index in [0.717, 1.165) is 10.4 Å². The highest BCUT2D eigenvalue weighted by Crippen LogP contribution is 2.19. The molecule has 0 aliphatic carbocycles. The highest BCUT2D eigenvalue weighted by Gasteiger charge is 2.21. The summed E-state index contributed by atoms with van der Waals surface area (Å²) in [7, 11) is -2.19. The summed E-state index contributed by atoms with van der Waals surface area (Å²) >= 11 is 0. The quantitative estimate of drug-likeness (QED) is 0.589. The van der Waals surface area contributed by atoms with Crippen LogP contribution in [0.4, 0.5) is 5.69 Å². The summed E-state index contributed by atoms with van der Waals surface area (Å²) in [5.74, 6) is 0. The van der Waals surface area contributed by atoms with E-state index in [1.54, 1.807) is 6.92 Å². The van der Waals surface area contributed by atoms with Crippen LogP contribution in [0, 0.1) is 10.1 Å². The molecule has 1 aromatic carbocycles. The highest BCUT2D eigenvalue weighted by molar-refractivity contribution is 7.89. The minimum absolute atomic E-state index is 0.0638. The molecule has 1 aromatic rings. The van der Waals surface area contributed by atoms with Crippen molar-refractivity contribution in [1.82, 2.24) is 4.31 Å². The van der Waals surface area contributed by atoms with E-state index in [1.165, 1.54) is 25.2 Å². The number of nitrogens with zero attached hydrogens (tertiary/aromatic N) is 2. The number of hydrogen-bond acceptors (Lipinski definition) is 4. The summed E-state index contributed by atoms with van der Waals surface area (Å²) in [5.41, 5.74) is -0.231. The topological polar surface area (TPSA) is 80.5 Å². The monoisotopic (exact) mass is 244 g/mol. The molecule has 0 aromatic heterocycles. The molecule has 88 valence electrons. The minimum atomic E-state index is -3.62. The second-order valence-electron chi connectivity index (χ2n) is 3.17. The lowest BCUT2D eigenvalue weighted by atomic mass is 10.3. The molecule has 0 radical (unpaired) electrons. The summed E-state index contributed by atoms with van der Waals surface area (Å²) in [5, 5.41) is 10.5. The fourth-order valence-corrected chi connectivity index (χ4v) is 2.33. The maximum atomic E-state index is 11.8. The third-order valence-corrected chi connectivity index (χ3v) is 4.11. The summed E-state index contributed by atoms with van der Waals surface area (Å²) in [6, 6.07) is 5.01. The predicted octanol–water partition coefficient (Wildman–Crippen LogP) is 1.24. The van der Waals surface area contributed by atoms with E-state index >= 15 is 0 Å². The molecule has 0 heterocycles. The first-order valence-corrected chi connectivity index (χ1v) is 6.04. The Morgan fingerprint density at radius 3 is 2.56 bits per heavy atom. The fourth-order valence-electron chi connectivity index (χ4n) is 1.11. The summed E-state index contributed by atoms with van der Waals surface area (Å²) in [6.07, 6.45) is 0. The highest BCUT2D eigenvalue weighted by atomic mass is 32.2. The van der Waals surface area contributed by atoms with Crippen LogP contribution in [0.3, 0.4) is 0 Å². The second kappa shape index (κ2) is 4.58. The average Bonchev–Trinajstić information content (AvgIpc) is 2.28. The molecule has 16 heavy (non-hydrogen) atoms. The molecule has 0 spiro atoms. The van der Waals surface area contributed by atoms with Gasteiger partial charge in [0.1, 0.15) is 0 Å². The van der Waals surface area contributed by atoms with Crippen molar-refractivity contribution in [1.29, 1.82) is 0 Å². The smallest absolute Gasteiger partial charge is 0.258 e. The van der Waals surface area contributed by atoms with E-state index in [9.17, 15) is 18.5 Å². The molecular formula is C9H12N2O4S. The van der Waals surface area contributed by atoms with Crippen molar-refractivity contribution < 1.29 is 13.3 Å². The first-order valence-electron chi connectivity index (χ1n) is 4.60. The lowest BCUT2D eigenvalue weighted by Gasteiger charge is -2.14. The van der Waals surface area contributed by atoms with Crippen LogP contribution in [0.15, 0.2) is 29.2 Å². The molecule has 0 fully saturated rings. The van der Waals surface area contributed by atoms with Crippen LogP contribution in [0.5, 0.6) is 0 Å². The lowest BCUT2D eigenvalue weighted by Crippen LogP contribution is -2.26. The molecule has 0 saturated carbocycles. The second-order valence-corrected chi connectivity index (χ2v) is 5.22. The van der Waals surface area contributed by atoms with Crippen LogP contribution < -0.4 is 0 Å². The molecule has 0 aliphatic rings. The van der Waals surface area contributed by atoms with Crippen LogP contribution in [0.1, 0.15) is 6.92 Å². The van der Waals surface area contributed by atoms with Crippen molar-refractivity contribution in [3.05, 3.63) is 34.4 Å². The van der Waals surface area contributed by atoms with Gasteiger partial charge in [-0.3, -0.25) is 10.1 Å². The van der Waals surface area contributed by atoms with Crippen molar-refractivity contribution in [3.63, 3.8) is 0 Å². The number of hydrogen-bond donors (Lipinski definition) is 0. The van der Waals surface area contributed by atoms with Gasteiger partial charge in [-0.25, -0.2) is 12.7 Å². The first-order chi connectivity index (χ1) is 7.39. The molecule has 0 saturated heterocycles. The number of sulfonamides is 1. The van der Waals surface area contributed by atoms with Crippen LogP contribution >= 0.6 is 0 Å². The standard InChI is InChI=1S/C9H12N2O4S/c1-3-10(2)16(14,15)9-6-4-5-8(7-9)11(12)13/h4-7H,3H2,1-2H3. The van der Waals surface area contributed by atoms with Gasteiger partial charge in [0.25, 0.3) is 5.69 Å². The summed E-state index contributed by atoms with van der Waals surface area (Å²) < 4.78 is 24.8. The van der Waals surface area contributed by atoms with Crippen LogP contribution in [-0.4, -0.2) is 31.2 Å². The van der Waals surface area contributed by atoms with Gasteiger partial charge < -0.3 is 0 Å². The van der Waals surface area contributed by atoms with Gasteiger partial charge in [0.05, 0.1) is 9.82 Å². The van der Waals surface area contributed by atoms with Gasteiger partial charge in [0.15, 0.2) is 0 Å². The average molecular weight is 244 g/mol. The fraction of sp³-hybridized carbons (Fsp3) is 0.333. The van der Waals surface area contributed by atoms with Crippen molar-refractivity contribution in [3.8, 4) is 0 Å². The third kappa shape index (κ3) is 2.37. The van der Waals surface area contributed by atoms with Gasteiger partial charge in [0.2, 0.25) is 10.0 Å². The maximum absolute atomic E-state index is 11.8. The Morgan fingerprint density at radius 2 is 2.06 bits per heavy atom. The van der Waals surface area contributed by atoms with Crippen molar-refractivity contribution in [2.45, 2.75) is 11.8 Å². The number of rotatable bonds is 4. The Hall–Kier alpha value is -1.47. The van der Waals surface area contributed by atoms with E-state index in [-0.39, 0.29) is 10.6 Å². The molecule has 1 rings (SSSR count). The van der Waals surface area contributed by atoms with E-state index in [4.69, 9.17) is 0 Å². The van der Waals surface area contributed by atoms with Crippen molar-refractivity contribution >= 4 is 15.7 Å². The van der Waals surface area contributed by atoms with Crippen molar-refractivity contribution in [2.24, 2.45) is 0 Å². The molecule has 0 amide bonds. The zero-order valence-electron chi connectivity index (χ0n) is 8.95. The Balaban J connectivity index is 3.24. The van der Waals surface area contributed by atoms with E-state index < -0.39 is 14.9 Å². The molecule has 0 bridgehead atoms. The molecule has 0 aliphatic heterocycles. The Labute approximate surface area is 93.7 Å². The van der Waals surface area contributed by atoms with E-state index in [2.05, 4.69) is 0 Å². The molecule has 0 unspecified atom stereocenters. The Kier molecular flexibility index (Phi) is 3.61. The van der Waals surface area contributed by atoms with Crippen LogP contribution in [0.25, 0.3) is 0 Å². The Morgan fingerprint density at radius 1 is 1.44 bits per heavy atom. The van der Waals surface area contributed by atoms with E-state index in [1.807, 2.05) is 0 Å². The summed E-state index contributed by atoms with van der Waals surface area (Å²) in [6.45, 7) is 2.00. The first kappa shape index (κ1) is 12.6. The van der Waals surface area contributed by atoms with Gasteiger partial charge >= 0.3 is 0 Å². The SMILES string of the molecule is CCN(C)S(=O)(=O)c1cccc([N+](=O)[O-])c1. The number of nitro groups is 1. The zero-order chi connectivity index (χ0) is 12.3. The van der Waals surface area contributed by atoms with Crippen LogP contribution in [0.2, 0.25) is 0 Å². The molecule has 6 nitrogen and oxygen atoms in total. The van der Waals surface area contributed by atoms with Gasteiger partial charge in [0, 0.05) is 25.7 Å². The van der Waals surface area contributed by atoms with Gasteiger partial charge in [-0.15, -0.1) is 0 Å². The molecular weight excluding hydrogens is 232 g/mol. The van der Waals surface area contributed by atoms with E-state index in [0.29, 0.717) is 6.54 Å². The zero-order valence-corrected chi connectivity index (χ0v) is 9.77.